The molecule has 1 aromatic heterocycles. The molecule has 6 nitrogen and oxygen atoms in total. The number of hydrogen-bond acceptors (Lipinski definition) is 3. The standard InChI is InChI=1S/C15H26N4O2/c1-3-4-9-19-14(5-8-16-19)18-15(20)17-12(2)13-6-10-21-11-7-13/h5,8,12-13H,3-4,6-7,9-11H2,1-2H3,(H2,17,18,20)/t12-/m0/s1. The molecule has 1 aromatic rings. The fourth-order valence-electron chi connectivity index (χ4n) is 2.62. The number of carbonyl (C=O) groups excluding carboxylic acids is 1. The second-order valence-corrected chi connectivity index (χ2v) is 5.63. The highest BCUT2D eigenvalue weighted by atomic mass is 16.5. The van der Waals surface area contributed by atoms with Gasteiger partial charge in [-0.05, 0) is 32.1 Å². The Morgan fingerprint density at radius 1 is 1.52 bits per heavy atom. The van der Waals surface area contributed by atoms with Crippen LogP contribution in [0.2, 0.25) is 0 Å². The van der Waals surface area contributed by atoms with Crippen LogP contribution in [0.4, 0.5) is 10.6 Å². The minimum absolute atomic E-state index is 0.154. The van der Waals surface area contributed by atoms with Crippen LogP contribution in [0.1, 0.15) is 39.5 Å². The number of nitrogens with one attached hydrogen (secondary N) is 2. The molecule has 1 aliphatic rings. The van der Waals surface area contributed by atoms with Crippen LogP contribution in [-0.2, 0) is 11.3 Å². The van der Waals surface area contributed by atoms with E-state index in [0.29, 0.717) is 5.92 Å². The maximum absolute atomic E-state index is 12.1. The highest BCUT2D eigenvalue weighted by Gasteiger charge is 2.22. The molecule has 0 saturated carbocycles. The molecule has 1 atom stereocenters. The summed E-state index contributed by atoms with van der Waals surface area (Å²) in [4.78, 5) is 12.1. The van der Waals surface area contributed by atoms with E-state index >= 15 is 0 Å². The number of unbranched alkanes of at least 4 members (excludes halogenated alkanes) is 1. The van der Waals surface area contributed by atoms with Crippen LogP contribution in [0.5, 0.6) is 0 Å². The summed E-state index contributed by atoms with van der Waals surface area (Å²) in [6.07, 6.45) is 5.89. The highest BCUT2D eigenvalue weighted by Crippen LogP contribution is 2.18. The molecular formula is C15H26N4O2. The fourth-order valence-corrected chi connectivity index (χ4v) is 2.62. The van der Waals surface area contributed by atoms with Gasteiger partial charge in [0.05, 0.1) is 6.20 Å². The molecule has 2 rings (SSSR count). The molecular weight excluding hydrogens is 268 g/mol. The maximum atomic E-state index is 12.1. The smallest absolute Gasteiger partial charge is 0.320 e. The number of rotatable bonds is 6. The molecule has 0 bridgehead atoms. The molecule has 0 aliphatic carbocycles. The second kappa shape index (κ2) is 8.02. The van der Waals surface area contributed by atoms with Crippen LogP contribution < -0.4 is 10.6 Å². The van der Waals surface area contributed by atoms with E-state index in [1.54, 1.807) is 6.20 Å². The van der Waals surface area contributed by atoms with Crippen molar-refractivity contribution in [2.24, 2.45) is 5.92 Å². The number of ether oxygens (including phenoxy) is 1. The Bertz CT molecular complexity index is 441. The summed E-state index contributed by atoms with van der Waals surface area (Å²) in [5.74, 6) is 1.25. The van der Waals surface area contributed by atoms with Crippen molar-refractivity contribution in [3.63, 3.8) is 0 Å². The number of anilines is 1. The SMILES string of the molecule is CCCCn1nccc1NC(=O)N[C@@H](C)C1CCOCC1. The summed E-state index contributed by atoms with van der Waals surface area (Å²) in [6.45, 7) is 6.61. The van der Waals surface area contributed by atoms with Crippen molar-refractivity contribution < 1.29 is 9.53 Å². The third kappa shape index (κ3) is 4.74. The molecule has 2 heterocycles. The lowest BCUT2D eigenvalue weighted by atomic mass is 9.93. The third-order valence-electron chi connectivity index (χ3n) is 4.01. The number of carbonyl (C=O) groups is 1. The number of amides is 2. The maximum Gasteiger partial charge on any atom is 0.320 e. The normalized spacial score (nSPS) is 17.4. The van der Waals surface area contributed by atoms with Gasteiger partial charge in [-0.2, -0.15) is 5.10 Å². The monoisotopic (exact) mass is 294 g/mol. The number of urea groups is 1. The number of hydrogen-bond donors (Lipinski definition) is 2. The minimum Gasteiger partial charge on any atom is -0.381 e. The van der Waals surface area contributed by atoms with Crippen molar-refractivity contribution in [3.8, 4) is 0 Å². The van der Waals surface area contributed by atoms with E-state index in [2.05, 4.69) is 29.6 Å². The van der Waals surface area contributed by atoms with Crippen LogP contribution in [0.3, 0.4) is 0 Å². The predicted octanol–water partition coefficient (Wildman–Crippen LogP) is 2.62. The summed E-state index contributed by atoms with van der Waals surface area (Å²) in [6, 6.07) is 1.82. The van der Waals surface area contributed by atoms with Gasteiger partial charge < -0.3 is 10.1 Å². The van der Waals surface area contributed by atoms with Gasteiger partial charge in [0.1, 0.15) is 5.82 Å². The van der Waals surface area contributed by atoms with Crippen molar-refractivity contribution >= 4 is 11.8 Å². The van der Waals surface area contributed by atoms with Gasteiger partial charge in [-0.3, -0.25) is 5.32 Å². The van der Waals surface area contributed by atoms with Gasteiger partial charge in [0.25, 0.3) is 0 Å². The van der Waals surface area contributed by atoms with Crippen LogP contribution in [0.15, 0.2) is 12.3 Å². The average Bonchev–Trinajstić information content (AvgIpc) is 2.93. The summed E-state index contributed by atoms with van der Waals surface area (Å²) in [5, 5.41) is 10.1. The van der Waals surface area contributed by atoms with Gasteiger partial charge >= 0.3 is 6.03 Å². The number of aryl methyl sites for hydroxylation is 1. The number of nitrogens with zero attached hydrogens (tertiary/aromatic N) is 2. The van der Waals surface area contributed by atoms with Gasteiger partial charge in [-0.15, -0.1) is 0 Å². The van der Waals surface area contributed by atoms with Crippen molar-refractivity contribution in [1.29, 1.82) is 0 Å². The van der Waals surface area contributed by atoms with E-state index < -0.39 is 0 Å². The van der Waals surface area contributed by atoms with Crippen molar-refractivity contribution in [2.75, 3.05) is 18.5 Å². The largest absolute Gasteiger partial charge is 0.381 e. The summed E-state index contributed by atoms with van der Waals surface area (Å²) >= 11 is 0. The first-order valence-electron chi connectivity index (χ1n) is 7.87. The summed E-state index contributed by atoms with van der Waals surface area (Å²) in [5.41, 5.74) is 0. The fraction of sp³-hybridized carbons (Fsp3) is 0.733. The van der Waals surface area contributed by atoms with E-state index in [1.807, 2.05) is 10.7 Å². The van der Waals surface area contributed by atoms with Gasteiger partial charge in [0.15, 0.2) is 0 Å². The first-order valence-corrected chi connectivity index (χ1v) is 7.87. The van der Waals surface area contributed by atoms with Crippen LogP contribution in [0.25, 0.3) is 0 Å². The van der Waals surface area contributed by atoms with E-state index in [-0.39, 0.29) is 12.1 Å². The molecule has 1 aliphatic heterocycles. The van der Waals surface area contributed by atoms with Crippen molar-refractivity contribution in [1.82, 2.24) is 15.1 Å². The van der Waals surface area contributed by atoms with E-state index in [0.717, 1.165) is 51.3 Å². The lowest BCUT2D eigenvalue weighted by Crippen LogP contribution is -2.42. The Kier molecular flexibility index (Phi) is 6.04. The van der Waals surface area contributed by atoms with Gasteiger partial charge in [-0.1, -0.05) is 13.3 Å². The molecule has 0 unspecified atom stereocenters. The predicted molar refractivity (Wildman–Crippen MR) is 82.3 cm³/mol. The zero-order valence-corrected chi connectivity index (χ0v) is 13.0. The zero-order chi connectivity index (χ0) is 15.1. The molecule has 21 heavy (non-hydrogen) atoms. The Hall–Kier alpha value is -1.56. The molecule has 2 N–H and O–H groups in total. The van der Waals surface area contributed by atoms with Gasteiger partial charge in [-0.25, -0.2) is 9.48 Å². The van der Waals surface area contributed by atoms with E-state index in [9.17, 15) is 4.79 Å². The lowest BCUT2D eigenvalue weighted by molar-refractivity contribution is 0.0573. The quantitative estimate of drug-likeness (QED) is 0.847. The molecule has 0 aromatic carbocycles. The Balaban J connectivity index is 1.82. The first-order chi connectivity index (χ1) is 10.2. The molecule has 0 spiro atoms. The molecule has 2 amide bonds. The molecule has 118 valence electrons. The molecule has 0 radical (unpaired) electrons. The van der Waals surface area contributed by atoms with Crippen LogP contribution in [0, 0.1) is 5.92 Å². The van der Waals surface area contributed by atoms with E-state index in [4.69, 9.17) is 4.74 Å². The van der Waals surface area contributed by atoms with Gasteiger partial charge in [0.2, 0.25) is 0 Å². The van der Waals surface area contributed by atoms with Crippen LogP contribution >= 0.6 is 0 Å². The van der Waals surface area contributed by atoms with Gasteiger partial charge in [0, 0.05) is 31.9 Å². The minimum atomic E-state index is -0.160. The Morgan fingerprint density at radius 3 is 3.00 bits per heavy atom. The lowest BCUT2D eigenvalue weighted by Gasteiger charge is -2.28. The molecule has 1 fully saturated rings. The van der Waals surface area contributed by atoms with Crippen LogP contribution in [-0.4, -0.2) is 35.1 Å². The summed E-state index contributed by atoms with van der Waals surface area (Å²) < 4.78 is 7.19. The molecule has 6 heteroatoms. The highest BCUT2D eigenvalue weighted by molar-refractivity contribution is 5.88. The summed E-state index contributed by atoms with van der Waals surface area (Å²) in [7, 11) is 0. The Morgan fingerprint density at radius 2 is 2.29 bits per heavy atom. The third-order valence-corrected chi connectivity index (χ3v) is 4.01. The van der Waals surface area contributed by atoms with Crippen molar-refractivity contribution in [2.45, 2.75) is 52.1 Å². The number of aromatic nitrogens is 2. The van der Waals surface area contributed by atoms with E-state index in [1.165, 1.54) is 0 Å². The first kappa shape index (κ1) is 15.8. The molecule has 1 saturated heterocycles. The zero-order valence-electron chi connectivity index (χ0n) is 13.0. The Labute approximate surface area is 126 Å². The topological polar surface area (TPSA) is 68.2 Å². The second-order valence-electron chi connectivity index (χ2n) is 5.63. The average molecular weight is 294 g/mol. The van der Waals surface area contributed by atoms with Crippen molar-refractivity contribution in [3.05, 3.63) is 12.3 Å².